The summed E-state index contributed by atoms with van der Waals surface area (Å²) >= 11 is 0. The summed E-state index contributed by atoms with van der Waals surface area (Å²) in [7, 11) is 1.94. The summed E-state index contributed by atoms with van der Waals surface area (Å²) in [5.41, 5.74) is 5.61. The first-order valence-electron chi connectivity index (χ1n) is 3.77. The zero-order chi connectivity index (χ0) is 8.10. The van der Waals surface area contributed by atoms with E-state index >= 15 is 0 Å². The van der Waals surface area contributed by atoms with Crippen molar-refractivity contribution in [1.82, 2.24) is 5.32 Å². The molecule has 0 saturated carbocycles. The topological polar surface area (TPSA) is 12.0 Å². The van der Waals surface area contributed by atoms with Crippen LogP contribution in [0.25, 0.3) is 0 Å². The summed E-state index contributed by atoms with van der Waals surface area (Å²) in [5, 5.41) is 3.10. The van der Waals surface area contributed by atoms with Crippen molar-refractivity contribution in [3.8, 4) is 0 Å². The molecule has 11 heavy (non-hydrogen) atoms. The van der Waals surface area contributed by atoms with E-state index < -0.39 is 0 Å². The first kappa shape index (κ1) is 8.06. The normalized spacial score (nSPS) is 15.8. The van der Waals surface area contributed by atoms with Gasteiger partial charge in [0.15, 0.2) is 0 Å². The summed E-state index contributed by atoms with van der Waals surface area (Å²) in [5.74, 6) is 0. The predicted molar refractivity (Wildman–Crippen MR) is 48.4 cm³/mol. The van der Waals surface area contributed by atoms with E-state index in [0.29, 0.717) is 0 Å². The maximum atomic E-state index is 3.11. The third-order valence-electron chi connectivity index (χ3n) is 1.52. The molecular formula is C10H13N. The van der Waals surface area contributed by atoms with Gasteiger partial charge in [-0.2, -0.15) is 0 Å². The third-order valence-corrected chi connectivity index (χ3v) is 1.52. The lowest BCUT2D eigenvalue weighted by molar-refractivity contribution is 0.896. The molecule has 0 saturated heterocycles. The second kappa shape index (κ2) is 3.97. The number of rotatable bonds is 2. The smallest absolute Gasteiger partial charge is 0.0208 e. The lowest BCUT2D eigenvalue weighted by Gasteiger charge is -1.95. The van der Waals surface area contributed by atoms with E-state index in [4.69, 9.17) is 0 Å². The largest absolute Gasteiger partial charge is 0.316 e. The maximum absolute atomic E-state index is 3.11. The number of likely N-dealkylation sites (N-methyl/N-ethyl adjacent to an activating group) is 1. The molecule has 1 nitrogen and oxygen atoms in total. The second-order valence-electron chi connectivity index (χ2n) is 2.64. The molecule has 0 fully saturated rings. The Morgan fingerprint density at radius 2 is 2.18 bits per heavy atom. The van der Waals surface area contributed by atoms with Gasteiger partial charge in [0, 0.05) is 6.54 Å². The first-order chi connectivity index (χ1) is 5.33. The van der Waals surface area contributed by atoms with Gasteiger partial charge in [-0.1, -0.05) is 12.2 Å². The van der Waals surface area contributed by atoms with E-state index in [1.807, 2.05) is 19.2 Å². The Balaban J connectivity index is 2.76. The van der Waals surface area contributed by atoms with Gasteiger partial charge in [0.1, 0.15) is 0 Å². The molecule has 0 bridgehead atoms. The van der Waals surface area contributed by atoms with Crippen LogP contribution in [0, 0.1) is 0 Å². The minimum absolute atomic E-state index is 0.907. The SMILES string of the molecule is CNCC1=CC=C(C)C=C=C1. The molecule has 0 aliphatic heterocycles. The van der Waals surface area contributed by atoms with Gasteiger partial charge in [-0.3, -0.25) is 0 Å². The highest BCUT2D eigenvalue weighted by Gasteiger charge is 1.90. The Morgan fingerprint density at radius 1 is 1.36 bits per heavy atom. The van der Waals surface area contributed by atoms with Crippen LogP contribution in [0.2, 0.25) is 0 Å². The number of nitrogens with one attached hydrogen (secondary N) is 1. The van der Waals surface area contributed by atoms with Gasteiger partial charge in [0.05, 0.1) is 0 Å². The van der Waals surface area contributed by atoms with Crippen molar-refractivity contribution in [2.75, 3.05) is 13.6 Å². The Labute approximate surface area is 67.8 Å². The monoisotopic (exact) mass is 147 g/mol. The van der Waals surface area contributed by atoms with E-state index in [2.05, 4.69) is 30.1 Å². The molecule has 0 atom stereocenters. The molecule has 58 valence electrons. The van der Waals surface area contributed by atoms with E-state index in [-0.39, 0.29) is 0 Å². The zero-order valence-corrected chi connectivity index (χ0v) is 7.02. The first-order valence-corrected chi connectivity index (χ1v) is 3.77. The van der Waals surface area contributed by atoms with Gasteiger partial charge in [-0.15, -0.1) is 5.73 Å². The van der Waals surface area contributed by atoms with Crippen LogP contribution in [0.4, 0.5) is 0 Å². The van der Waals surface area contributed by atoms with Crippen molar-refractivity contribution in [3.63, 3.8) is 0 Å². The van der Waals surface area contributed by atoms with Crippen LogP contribution in [-0.2, 0) is 0 Å². The Morgan fingerprint density at radius 3 is 2.91 bits per heavy atom. The highest BCUT2D eigenvalue weighted by Crippen LogP contribution is 2.03. The molecule has 1 heteroatoms. The molecule has 0 aromatic carbocycles. The molecule has 0 radical (unpaired) electrons. The summed E-state index contributed by atoms with van der Waals surface area (Å²) < 4.78 is 0. The molecule has 0 amide bonds. The minimum Gasteiger partial charge on any atom is -0.316 e. The van der Waals surface area contributed by atoms with Crippen molar-refractivity contribution in [3.05, 3.63) is 41.2 Å². The molecular weight excluding hydrogens is 134 g/mol. The fourth-order valence-corrected chi connectivity index (χ4v) is 0.929. The summed E-state index contributed by atoms with van der Waals surface area (Å²) in [6, 6.07) is 0. The van der Waals surface area contributed by atoms with Crippen molar-refractivity contribution >= 4 is 0 Å². The minimum atomic E-state index is 0.907. The molecule has 0 heterocycles. The fraction of sp³-hybridized carbons (Fsp3) is 0.300. The standard InChI is InChI=1S/C10H13N/c1-9-4-3-5-10(7-6-9)8-11-2/h4-7,11H,8H2,1-2H3. The van der Waals surface area contributed by atoms with Crippen LogP contribution >= 0.6 is 0 Å². The molecule has 0 unspecified atom stereocenters. The Kier molecular flexibility index (Phi) is 2.91. The zero-order valence-electron chi connectivity index (χ0n) is 7.02. The molecule has 0 aromatic heterocycles. The van der Waals surface area contributed by atoms with Crippen molar-refractivity contribution in [1.29, 1.82) is 0 Å². The highest BCUT2D eigenvalue weighted by atomic mass is 14.8. The summed E-state index contributed by atoms with van der Waals surface area (Å²) in [6.07, 6.45) is 8.20. The summed E-state index contributed by atoms with van der Waals surface area (Å²) in [6.45, 7) is 2.98. The van der Waals surface area contributed by atoms with E-state index in [1.54, 1.807) is 0 Å². The van der Waals surface area contributed by atoms with E-state index in [1.165, 1.54) is 11.1 Å². The molecule has 0 spiro atoms. The van der Waals surface area contributed by atoms with E-state index in [0.717, 1.165) is 6.54 Å². The third kappa shape index (κ3) is 2.58. The van der Waals surface area contributed by atoms with Crippen molar-refractivity contribution in [2.45, 2.75) is 6.92 Å². The number of allylic oxidation sites excluding steroid dienone is 3. The lowest BCUT2D eigenvalue weighted by atomic mass is 10.2. The molecule has 1 N–H and O–H groups in total. The second-order valence-corrected chi connectivity index (χ2v) is 2.64. The van der Waals surface area contributed by atoms with Crippen molar-refractivity contribution in [2.24, 2.45) is 0 Å². The molecule has 1 aliphatic rings. The maximum Gasteiger partial charge on any atom is 0.0208 e. The quantitative estimate of drug-likeness (QED) is 0.587. The lowest BCUT2D eigenvalue weighted by Crippen LogP contribution is -2.08. The van der Waals surface area contributed by atoms with Gasteiger partial charge in [0.25, 0.3) is 0 Å². The number of hydrogen-bond acceptors (Lipinski definition) is 1. The van der Waals surface area contributed by atoms with Gasteiger partial charge in [0.2, 0.25) is 0 Å². The summed E-state index contributed by atoms with van der Waals surface area (Å²) in [4.78, 5) is 0. The van der Waals surface area contributed by atoms with Crippen LogP contribution in [0.3, 0.4) is 0 Å². The molecule has 1 rings (SSSR count). The highest BCUT2D eigenvalue weighted by molar-refractivity contribution is 5.33. The average molecular weight is 147 g/mol. The predicted octanol–water partition coefficient (Wildman–Crippen LogP) is 1.80. The van der Waals surface area contributed by atoms with Crippen LogP contribution < -0.4 is 5.32 Å². The van der Waals surface area contributed by atoms with Crippen LogP contribution in [-0.4, -0.2) is 13.6 Å². The average Bonchev–Trinajstić information content (AvgIpc) is 2.17. The fourth-order valence-electron chi connectivity index (χ4n) is 0.929. The molecule has 1 aliphatic carbocycles. The van der Waals surface area contributed by atoms with Gasteiger partial charge in [-0.25, -0.2) is 0 Å². The van der Waals surface area contributed by atoms with Crippen molar-refractivity contribution < 1.29 is 0 Å². The van der Waals surface area contributed by atoms with Crippen LogP contribution in [0.15, 0.2) is 41.2 Å². The van der Waals surface area contributed by atoms with Gasteiger partial charge < -0.3 is 5.32 Å². The van der Waals surface area contributed by atoms with E-state index in [9.17, 15) is 0 Å². The van der Waals surface area contributed by atoms with Gasteiger partial charge in [-0.05, 0) is 37.3 Å². The molecule has 0 aromatic rings. The van der Waals surface area contributed by atoms with Crippen LogP contribution in [0.1, 0.15) is 6.92 Å². The van der Waals surface area contributed by atoms with Gasteiger partial charge >= 0.3 is 0 Å². The Hall–Kier alpha value is -1.04. The number of hydrogen-bond donors (Lipinski definition) is 1. The Bertz CT molecular complexity index is 250. The van der Waals surface area contributed by atoms with Crippen LogP contribution in [0.5, 0.6) is 0 Å².